The third-order valence-electron chi connectivity index (χ3n) is 4.23. The minimum absolute atomic E-state index is 0.145. The summed E-state index contributed by atoms with van der Waals surface area (Å²) in [7, 11) is -1.74. The minimum Gasteiger partial charge on any atom is -0.307 e. The molecule has 3 rings (SSSR count). The maximum Gasteiger partial charge on any atom is 0.329 e. The van der Waals surface area contributed by atoms with Gasteiger partial charge in [-0.3, -0.25) is 9.48 Å². The van der Waals surface area contributed by atoms with E-state index in [-0.39, 0.29) is 11.3 Å². The van der Waals surface area contributed by atoms with Crippen molar-refractivity contribution in [1.29, 1.82) is 0 Å². The number of nitrogens with zero attached hydrogens (tertiary/aromatic N) is 3. The quantitative estimate of drug-likeness (QED) is 0.737. The zero-order valence-electron chi connectivity index (χ0n) is 15.0. The van der Waals surface area contributed by atoms with E-state index in [0.29, 0.717) is 10.1 Å². The zero-order valence-corrected chi connectivity index (χ0v) is 15.8. The molecular formula is C17H20N4O4S. The van der Waals surface area contributed by atoms with Crippen LogP contribution in [0.5, 0.6) is 0 Å². The van der Waals surface area contributed by atoms with Gasteiger partial charge >= 0.3 is 5.69 Å². The normalized spacial score (nSPS) is 12.2. The number of rotatable bonds is 4. The average Bonchev–Trinajstić information content (AvgIpc) is 2.95. The number of H-pyrrole nitrogens is 1. The van der Waals surface area contributed by atoms with Gasteiger partial charge in [-0.15, -0.1) is 0 Å². The first-order valence-electron chi connectivity index (χ1n) is 8.05. The number of hydrogen-bond acceptors (Lipinski definition) is 5. The summed E-state index contributed by atoms with van der Waals surface area (Å²) in [5, 5.41) is 4.43. The fourth-order valence-electron chi connectivity index (χ4n) is 3.01. The standard InChI is InChI=1S/C17H20N4O4S/c1-10(2)11-8-14-13(7-12(11)15-5-6-18-20(15)3)16(22)21(17(23)19-14)9-26(4,24)25/h5-8,10H,9H2,1-4H3,(H,19,23). The summed E-state index contributed by atoms with van der Waals surface area (Å²) in [6.07, 6.45) is 2.64. The number of nitrogens with one attached hydrogen (secondary N) is 1. The number of sulfone groups is 1. The lowest BCUT2D eigenvalue weighted by atomic mass is 9.93. The summed E-state index contributed by atoms with van der Waals surface area (Å²) in [5.74, 6) is -0.518. The second-order valence-electron chi connectivity index (χ2n) is 6.70. The Balaban J connectivity index is 2.39. The molecule has 2 heterocycles. The molecule has 0 amide bonds. The number of hydrogen-bond donors (Lipinski definition) is 1. The molecule has 8 nitrogen and oxygen atoms in total. The zero-order chi connectivity index (χ0) is 19.2. The molecule has 0 atom stereocenters. The molecule has 0 saturated heterocycles. The molecular weight excluding hydrogens is 356 g/mol. The van der Waals surface area contributed by atoms with Crippen LogP contribution in [0.1, 0.15) is 25.3 Å². The Morgan fingerprint density at radius 2 is 1.92 bits per heavy atom. The molecule has 0 spiro atoms. The highest BCUT2D eigenvalue weighted by Crippen LogP contribution is 2.31. The van der Waals surface area contributed by atoms with E-state index in [4.69, 9.17) is 0 Å². The van der Waals surface area contributed by atoms with E-state index >= 15 is 0 Å². The summed E-state index contributed by atoms with van der Waals surface area (Å²) in [6, 6.07) is 5.31. The Morgan fingerprint density at radius 1 is 1.23 bits per heavy atom. The number of fused-ring (bicyclic) bond motifs is 1. The summed E-state index contributed by atoms with van der Waals surface area (Å²) in [5.41, 5.74) is 1.62. The number of aromatic nitrogens is 4. The smallest absolute Gasteiger partial charge is 0.307 e. The first-order valence-corrected chi connectivity index (χ1v) is 10.1. The van der Waals surface area contributed by atoms with Crippen LogP contribution in [0.3, 0.4) is 0 Å². The highest BCUT2D eigenvalue weighted by Gasteiger charge is 2.18. The Hall–Kier alpha value is -2.68. The number of aromatic amines is 1. The predicted octanol–water partition coefficient (Wildman–Crippen LogP) is 1.22. The first kappa shape index (κ1) is 18.1. The van der Waals surface area contributed by atoms with E-state index in [2.05, 4.69) is 10.1 Å². The molecule has 0 aliphatic carbocycles. The first-order chi connectivity index (χ1) is 12.1. The molecule has 0 radical (unpaired) electrons. The third-order valence-corrected chi connectivity index (χ3v) is 4.96. The van der Waals surface area contributed by atoms with Gasteiger partial charge in [-0.05, 0) is 29.7 Å². The van der Waals surface area contributed by atoms with Gasteiger partial charge in [-0.2, -0.15) is 5.10 Å². The van der Waals surface area contributed by atoms with Crippen molar-refractivity contribution in [1.82, 2.24) is 19.3 Å². The highest BCUT2D eigenvalue weighted by molar-refractivity contribution is 7.89. The predicted molar refractivity (Wildman–Crippen MR) is 100.0 cm³/mol. The summed E-state index contributed by atoms with van der Waals surface area (Å²) in [4.78, 5) is 27.6. The van der Waals surface area contributed by atoms with E-state index in [0.717, 1.165) is 23.1 Å². The van der Waals surface area contributed by atoms with Crippen molar-refractivity contribution in [2.24, 2.45) is 7.05 Å². The average molecular weight is 376 g/mol. The highest BCUT2D eigenvalue weighted by atomic mass is 32.2. The minimum atomic E-state index is -3.54. The Morgan fingerprint density at radius 3 is 2.46 bits per heavy atom. The largest absolute Gasteiger partial charge is 0.329 e. The van der Waals surface area contributed by atoms with Crippen molar-refractivity contribution in [2.75, 3.05) is 6.26 Å². The Labute approximate surface area is 150 Å². The van der Waals surface area contributed by atoms with Crippen LogP contribution in [0.25, 0.3) is 22.2 Å². The molecule has 0 aliphatic rings. The molecule has 2 aromatic heterocycles. The van der Waals surface area contributed by atoms with E-state index < -0.39 is 27.0 Å². The molecule has 3 aromatic rings. The van der Waals surface area contributed by atoms with Crippen molar-refractivity contribution < 1.29 is 8.42 Å². The molecule has 9 heteroatoms. The fraction of sp³-hybridized carbons (Fsp3) is 0.353. The van der Waals surface area contributed by atoms with Gasteiger partial charge in [-0.1, -0.05) is 13.8 Å². The van der Waals surface area contributed by atoms with Crippen molar-refractivity contribution in [2.45, 2.75) is 25.6 Å². The maximum atomic E-state index is 12.8. The molecule has 1 aromatic carbocycles. The molecule has 0 unspecified atom stereocenters. The Kier molecular flexibility index (Phi) is 4.35. The van der Waals surface area contributed by atoms with Crippen molar-refractivity contribution in [3.8, 4) is 11.3 Å². The lowest BCUT2D eigenvalue weighted by Gasteiger charge is -2.15. The monoisotopic (exact) mass is 376 g/mol. The van der Waals surface area contributed by atoms with Crippen LogP contribution in [0.2, 0.25) is 0 Å². The van der Waals surface area contributed by atoms with E-state index in [1.807, 2.05) is 19.9 Å². The summed E-state index contributed by atoms with van der Waals surface area (Å²) >= 11 is 0. The maximum absolute atomic E-state index is 12.8. The molecule has 0 fully saturated rings. The lowest BCUT2D eigenvalue weighted by Crippen LogP contribution is -2.37. The van der Waals surface area contributed by atoms with E-state index in [1.165, 1.54) is 0 Å². The van der Waals surface area contributed by atoms with Gasteiger partial charge in [0.05, 0.1) is 16.6 Å². The molecule has 0 saturated carbocycles. The van der Waals surface area contributed by atoms with E-state index in [9.17, 15) is 18.0 Å². The fourth-order valence-corrected chi connectivity index (χ4v) is 3.71. The van der Waals surface area contributed by atoms with Crippen molar-refractivity contribution in [3.05, 3.63) is 50.8 Å². The van der Waals surface area contributed by atoms with Gasteiger partial charge in [0.1, 0.15) is 5.88 Å². The summed E-state index contributed by atoms with van der Waals surface area (Å²) < 4.78 is 25.5. The van der Waals surface area contributed by atoms with Gasteiger partial charge in [0.2, 0.25) is 0 Å². The molecule has 0 bridgehead atoms. The van der Waals surface area contributed by atoms with Crippen LogP contribution in [0.15, 0.2) is 34.0 Å². The second kappa shape index (κ2) is 6.24. The SMILES string of the molecule is CC(C)c1cc2[nH]c(=O)n(CS(C)(=O)=O)c(=O)c2cc1-c1ccnn1C. The van der Waals surface area contributed by atoms with Crippen LogP contribution < -0.4 is 11.2 Å². The van der Waals surface area contributed by atoms with Gasteiger partial charge < -0.3 is 4.98 Å². The van der Waals surface area contributed by atoms with Crippen molar-refractivity contribution >= 4 is 20.7 Å². The van der Waals surface area contributed by atoms with Crippen LogP contribution >= 0.6 is 0 Å². The van der Waals surface area contributed by atoms with Crippen LogP contribution in [0.4, 0.5) is 0 Å². The van der Waals surface area contributed by atoms with Gasteiger partial charge in [0, 0.05) is 25.1 Å². The molecule has 1 N–H and O–H groups in total. The molecule has 138 valence electrons. The van der Waals surface area contributed by atoms with Crippen molar-refractivity contribution in [3.63, 3.8) is 0 Å². The summed E-state index contributed by atoms with van der Waals surface area (Å²) in [6.45, 7) is 4.04. The van der Waals surface area contributed by atoms with Gasteiger partial charge in [0.15, 0.2) is 9.84 Å². The molecule has 26 heavy (non-hydrogen) atoms. The molecule has 0 aliphatic heterocycles. The van der Waals surface area contributed by atoms with Crippen LogP contribution in [-0.2, 0) is 22.8 Å². The van der Waals surface area contributed by atoms with Crippen LogP contribution in [-0.4, -0.2) is 34.0 Å². The van der Waals surface area contributed by atoms with E-state index in [1.54, 1.807) is 30.1 Å². The topological polar surface area (TPSA) is 107 Å². The second-order valence-corrected chi connectivity index (χ2v) is 8.81. The van der Waals surface area contributed by atoms with Crippen LogP contribution in [0, 0.1) is 0 Å². The number of aryl methyl sites for hydroxylation is 1. The number of benzene rings is 1. The van der Waals surface area contributed by atoms with Gasteiger partial charge in [0.25, 0.3) is 5.56 Å². The Bertz CT molecular complexity index is 1220. The van der Waals surface area contributed by atoms with Gasteiger partial charge in [-0.25, -0.2) is 17.8 Å². The third kappa shape index (κ3) is 3.22. The lowest BCUT2D eigenvalue weighted by molar-refractivity contribution is 0.584.